The summed E-state index contributed by atoms with van der Waals surface area (Å²) >= 11 is 1.48. The van der Waals surface area contributed by atoms with Crippen LogP contribution < -0.4 is 0 Å². The summed E-state index contributed by atoms with van der Waals surface area (Å²) in [5, 5.41) is 1.05. The van der Waals surface area contributed by atoms with Gasteiger partial charge >= 0.3 is 0 Å². The number of aryl methyl sites for hydroxylation is 2. The molecule has 5 heterocycles. The van der Waals surface area contributed by atoms with E-state index < -0.39 is 0 Å². The van der Waals surface area contributed by atoms with Gasteiger partial charge in [0.25, 0.3) is 5.91 Å². The highest BCUT2D eigenvalue weighted by atomic mass is 32.1. The largest absolute Gasteiger partial charge is 0.342 e. The van der Waals surface area contributed by atoms with Gasteiger partial charge in [-0.1, -0.05) is 0 Å². The maximum absolute atomic E-state index is 13.6. The molecule has 32 heavy (non-hydrogen) atoms. The molecular weight excluding hydrogens is 422 g/mol. The predicted molar refractivity (Wildman–Crippen MR) is 127 cm³/mol. The Labute approximate surface area is 192 Å². The van der Waals surface area contributed by atoms with Gasteiger partial charge in [0, 0.05) is 62.7 Å². The Hall–Kier alpha value is -2.71. The minimum atomic E-state index is 0.0549. The van der Waals surface area contributed by atoms with E-state index in [4.69, 9.17) is 4.98 Å². The summed E-state index contributed by atoms with van der Waals surface area (Å²) < 4.78 is 2.03. The van der Waals surface area contributed by atoms with E-state index in [2.05, 4.69) is 17.9 Å². The molecule has 0 N–H and O–H groups in total. The van der Waals surface area contributed by atoms with Crippen LogP contribution in [0.25, 0.3) is 15.9 Å². The summed E-state index contributed by atoms with van der Waals surface area (Å²) in [6, 6.07) is 6.03. The number of amides is 2. The van der Waals surface area contributed by atoms with Gasteiger partial charge in [-0.3, -0.25) is 14.5 Å². The molecule has 0 radical (unpaired) electrons. The van der Waals surface area contributed by atoms with Crippen molar-refractivity contribution >= 4 is 33.4 Å². The van der Waals surface area contributed by atoms with Crippen molar-refractivity contribution in [2.24, 2.45) is 0 Å². The van der Waals surface area contributed by atoms with Crippen molar-refractivity contribution in [2.75, 3.05) is 45.8 Å². The third kappa shape index (κ3) is 3.93. The molecule has 3 aromatic rings. The average Bonchev–Trinajstić information content (AvgIpc) is 3.53. The number of rotatable bonds is 4. The second kappa shape index (κ2) is 8.67. The van der Waals surface area contributed by atoms with E-state index in [-0.39, 0.29) is 11.8 Å². The van der Waals surface area contributed by atoms with Gasteiger partial charge < -0.3 is 14.4 Å². The van der Waals surface area contributed by atoms with Gasteiger partial charge in [0.05, 0.1) is 12.2 Å². The van der Waals surface area contributed by atoms with E-state index in [1.54, 1.807) is 0 Å². The second-order valence-corrected chi connectivity index (χ2v) is 9.79. The minimum Gasteiger partial charge on any atom is -0.342 e. The molecule has 0 bridgehead atoms. The number of nitrogens with zero attached hydrogens (tertiary/aromatic N) is 5. The number of carbonyl (C=O) groups excluding carboxylic acids is 2. The number of hydrogen-bond acceptors (Lipinski definition) is 5. The zero-order chi connectivity index (χ0) is 22.2. The molecule has 3 aromatic heterocycles. The number of thiophene rings is 1. The molecular formula is C24H29N5O2S. The summed E-state index contributed by atoms with van der Waals surface area (Å²) in [7, 11) is 0. The highest BCUT2D eigenvalue weighted by Gasteiger charge is 2.29. The number of likely N-dealkylation sites (tertiary alicyclic amines) is 1. The van der Waals surface area contributed by atoms with Crippen molar-refractivity contribution in [3.05, 3.63) is 46.7 Å². The summed E-state index contributed by atoms with van der Waals surface area (Å²) in [6.07, 6.45) is 6.19. The van der Waals surface area contributed by atoms with Gasteiger partial charge in [-0.05, 0) is 50.5 Å². The molecule has 0 saturated carbocycles. The van der Waals surface area contributed by atoms with Crippen LogP contribution in [0.5, 0.6) is 0 Å². The Kier molecular flexibility index (Phi) is 5.73. The lowest BCUT2D eigenvalue weighted by atomic mass is 10.1. The molecule has 7 nitrogen and oxygen atoms in total. The first kappa shape index (κ1) is 21.2. The van der Waals surface area contributed by atoms with Gasteiger partial charge in [0.15, 0.2) is 0 Å². The van der Waals surface area contributed by atoms with E-state index in [0.717, 1.165) is 71.1 Å². The number of hydrogen-bond donors (Lipinski definition) is 0. The van der Waals surface area contributed by atoms with Crippen molar-refractivity contribution in [1.82, 2.24) is 24.3 Å². The smallest absolute Gasteiger partial charge is 0.266 e. The molecule has 0 atom stereocenters. The van der Waals surface area contributed by atoms with Crippen molar-refractivity contribution in [3.8, 4) is 5.69 Å². The quantitative estimate of drug-likeness (QED) is 0.612. The van der Waals surface area contributed by atoms with Gasteiger partial charge in [-0.2, -0.15) is 0 Å². The number of piperazine rings is 1. The normalized spacial score (nSPS) is 17.4. The van der Waals surface area contributed by atoms with E-state index in [0.29, 0.717) is 19.6 Å². The van der Waals surface area contributed by atoms with Crippen LogP contribution in [-0.4, -0.2) is 81.9 Å². The SMILES string of the molecule is Cc1cc(C)c2c(-n3cccc3)c(C(=O)N3CCN(CC(=O)N4CCCC4)CC3)sc2n1. The molecule has 2 amide bonds. The molecule has 2 aliphatic rings. The zero-order valence-electron chi connectivity index (χ0n) is 18.7. The Bertz CT molecular complexity index is 1140. The molecule has 0 unspecified atom stereocenters. The molecule has 2 saturated heterocycles. The number of carbonyl (C=O) groups is 2. The second-order valence-electron chi connectivity index (χ2n) is 8.79. The molecule has 0 spiro atoms. The van der Waals surface area contributed by atoms with Crippen molar-refractivity contribution in [1.29, 1.82) is 0 Å². The Morgan fingerprint density at radius 2 is 1.66 bits per heavy atom. The van der Waals surface area contributed by atoms with Crippen LogP contribution in [0.15, 0.2) is 30.6 Å². The summed E-state index contributed by atoms with van der Waals surface area (Å²) in [6.45, 7) is 9.04. The van der Waals surface area contributed by atoms with Gasteiger partial charge in [0.2, 0.25) is 5.91 Å². The third-order valence-corrected chi connectivity index (χ3v) is 7.56. The van der Waals surface area contributed by atoms with Crippen molar-refractivity contribution in [3.63, 3.8) is 0 Å². The van der Waals surface area contributed by atoms with E-state index in [9.17, 15) is 9.59 Å². The first-order valence-electron chi connectivity index (χ1n) is 11.3. The first-order valence-corrected chi connectivity index (χ1v) is 12.2. The lowest BCUT2D eigenvalue weighted by Gasteiger charge is -2.35. The van der Waals surface area contributed by atoms with Crippen LogP contribution in [0.1, 0.15) is 33.8 Å². The lowest BCUT2D eigenvalue weighted by Crippen LogP contribution is -2.51. The summed E-state index contributed by atoms with van der Waals surface area (Å²) in [4.78, 5) is 38.5. The molecule has 2 fully saturated rings. The summed E-state index contributed by atoms with van der Waals surface area (Å²) in [5.41, 5.74) is 3.03. The predicted octanol–water partition coefficient (Wildman–Crippen LogP) is 3.08. The van der Waals surface area contributed by atoms with Crippen LogP contribution in [0.3, 0.4) is 0 Å². The van der Waals surface area contributed by atoms with Gasteiger partial charge in [-0.15, -0.1) is 11.3 Å². The highest BCUT2D eigenvalue weighted by molar-refractivity contribution is 7.21. The Balaban J connectivity index is 1.36. The van der Waals surface area contributed by atoms with Crippen LogP contribution >= 0.6 is 11.3 Å². The first-order chi connectivity index (χ1) is 15.5. The monoisotopic (exact) mass is 451 g/mol. The van der Waals surface area contributed by atoms with E-state index in [1.165, 1.54) is 11.3 Å². The zero-order valence-corrected chi connectivity index (χ0v) is 19.5. The number of fused-ring (bicyclic) bond motifs is 1. The average molecular weight is 452 g/mol. The maximum Gasteiger partial charge on any atom is 0.266 e. The topological polar surface area (TPSA) is 61.7 Å². The van der Waals surface area contributed by atoms with Crippen LogP contribution in [0, 0.1) is 13.8 Å². The third-order valence-electron chi connectivity index (χ3n) is 6.50. The molecule has 0 aromatic carbocycles. The van der Waals surface area contributed by atoms with Crippen LogP contribution in [0.2, 0.25) is 0 Å². The van der Waals surface area contributed by atoms with Crippen molar-refractivity contribution < 1.29 is 9.59 Å². The fourth-order valence-electron chi connectivity index (χ4n) is 4.81. The number of pyridine rings is 1. The van der Waals surface area contributed by atoms with E-state index >= 15 is 0 Å². The Morgan fingerprint density at radius 1 is 0.969 bits per heavy atom. The number of aromatic nitrogens is 2. The van der Waals surface area contributed by atoms with Crippen LogP contribution in [-0.2, 0) is 4.79 Å². The lowest BCUT2D eigenvalue weighted by molar-refractivity contribution is -0.131. The maximum atomic E-state index is 13.6. The molecule has 168 valence electrons. The van der Waals surface area contributed by atoms with Gasteiger partial charge in [-0.25, -0.2) is 4.98 Å². The molecule has 0 aliphatic carbocycles. The standard InChI is InChI=1S/C24H29N5O2S/c1-17-15-18(2)25-23-20(17)21(28-9-5-6-10-28)22(32-23)24(31)29-13-11-26(12-14-29)16-19(30)27-7-3-4-8-27/h5-6,9-10,15H,3-4,7-8,11-14,16H2,1-2H3. The van der Waals surface area contributed by atoms with Gasteiger partial charge in [0.1, 0.15) is 9.71 Å². The highest BCUT2D eigenvalue weighted by Crippen LogP contribution is 2.36. The minimum absolute atomic E-state index is 0.0549. The fraction of sp³-hybridized carbons (Fsp3) is 0.458. The molecule has 5 rings (SSSR count). The fourth-order valence-corrected chi connectivity index (χ4v) is 6.07. The van der Waals surface area contributed by atoms with Crippen LogP contribution in [0.4, 0.5) is 0 Å². The molecule has 8 heteroatoms. The molecule has 2 aliphatic heterocycles. The summed E-state index contributed by atoms with van der Waals surface area (Å²) in [5.74, 6) is 0.276. The van der Waals surface area contributed by atoms with E-state index in [1.807, 2.05) is 45.8 Å². The Morgan fingerprint density at radius 3 is 2.34 bits per heavy atom. The van der Waals surface area contributed by atoms with Crippen molar-refractivity contribution in [2.45, 2.75) is 26.7 Å².